The zero-order valence-corrected chi connectivity index (χ0v) is 9.59. The van der Waals surface area contributed by atoms with Gasteiger partial charge in [0, 0.05) is 12.2 Å². The van der Waals surface area contributed by atoms with E-state index in [1.807, 2.05) is 20.0 Å². The Labute approximate surface area is 82.0 Å². The minimum atomic E-state index is 0.989. The maximum absolute atomic E-state index is 4.27. The quantitative estimate of drug-likeness (QED) is 0.702. The van der Waals surface area contributed by atoms with Gasteiger partial charge in [-0.25, -0.2) is 0 Å². The van der Waals surface area contributed by atoms with Crippen molar-refractivity contribution in [1.82, 2.24) is 9.78 Å². The summed E-state index contributed by atoms with van der Waals surface area (Å²) in [7, 11) is 0. The molecule has 0 radical (unpaired) electrons. The Morgan fingerprint density at radius 1 is 1.31 bits per heavy atom. The number of hydrogen-bond donors (Lipinski definition) is 0. The molecule has 76 valence electrons. The van der Waals surface area contributed by atoms with E-state index in [1.165, 1.54) is 17.7 Å². The molecule has 0 amide bonds. The molecule has 1 aromatic rings. The largest absolute Gasteiger partial charge is 0.270 e. The second-order valence-corrected chi connectivity index (χ2v) is 2.84. The average molecular weight is 182 g/mol. The Hall–Kier alpha value is -0.790. The fourth-order valence-corrected chi connectivity index (χ4v) is 1.34. The van der Waals surface area contributed by atoms with Gasteiger partial charge >= 0.3 is 0 Å². The van der Waals surface area contributed by atoms with Crippen molar-refractivity contribution in [2.24, 2.45) is 0 Å². The molecule has 0 N–H and O–H groups in total. The number of hydrogen-bond acceptors (Lipinski definition) is 1. The highest BCUT2D eigenvalue weighted by molar-refractivity contribution is 5.15. The number of aryl methyl sites for hydroxylation is 2. The lowest BCUT2D eigenvalue weighted by Gasteiger charge is -2.03. The Morgan fingerprint density at radius 2 is 1.92 bits per heavy atom. The van der Waals surface area contributed by atoms with Gasteiger partial charge in [0.05, 0.1) is 6.20 Å². The summed E-state index contributed by atoms with van der Waals surface area (Å²) in [5, 5.41) is 4.27. The lowest BCUT2D eigenvalue weighted by molar-refractivity contribution is 0.614. The van der Waals surface area contributed by atoms with E-state index in [9.17, 15) is 0 Å². The van der Waals surface area contributed by atoms with E-state index in [4.69, 9.17) is 0 Å². The Kier molecular flexibility index (Phi) is 6.29. The van der Waals surface area contributed by atoms with Crippen molar-refractivity contribution in [2.75, 3.05) is 0 Å². The van der Waals surface area contributed by atoms with Crippen molar-refractivity contribution in [3.05, 3.63) is 17.5 Å². The number of aromatic nitrogens is 2. The minimum Gasteiger partial charge on any atom is -0.270 e. The summed E-state index contributed by atoms with van der Waals surface area (Å²) in [5.41, 5.74) is 2.73. The predicted molar refractivity (Wildman–Crippen MR) is 58.0 cm³/mol. The van der Waals surface area contributed by atoms with Crippen LogP contribution >= 0.6 is 0 Å². The predicted octanol–water partition coefficient (Wildman–Crippen LogP) is 3.19. The highest BCUT2D eigenvalue weighted by Gasteiger charge is 2.03. The van der Waals surface area contributed by atoms with E-state index in [1.54, 1.807) is 0 Å². The third-order valence-electron chi connectivity index (χ3n) is 1.94. The monoisotopic (exact) mass is 182 g/mol. The summed E-state index contributed by atoms with van der Waals surface area (Å²) >= 11 is 0. The molecule has 0 aliphatic heterocycles. The summed E-state index contributed by atoms with van der Waals surface area (Å²) in [6.07, 6.45) is 4.31. The van der Waals surface area contributed by atoms with Gasteiger partial charge < -0.3 is 0 Å². The molecule has 1 heterocycles. The molecule has 0 aliphatic rings. The number of nitrogens with zero attached hydrogens (tertiary/aromatic N) is 2. The molecule has 0 fully saturated rings. The minimum absolute atomic E-state index is 0.989. The highest BCUT2D eigenvalue weighted by Crippen LogP contribution is 2.08. The molecule has 0 bridgehead atoms. The standard InChI is InChI=1S/C9H16N2.C2H6/c1-4-6-9-8(3)7-10-11(9)5-2;1-2/h7H,4-6H2,1-3H3;1-2H3. The molecular formula is C11H22N2. The van der Waals surface area contributed by atoms with Crippen molar-refractivity contribution in [3.8, 4) is 0 Å². The maximum atomic E-state index is 4.27. The van der Waals surface area contributed by atoms with Gasteiger partial charge in [0.1, 0.15) is 0 Å². The third kappa shape index (κ3) is 3.21. The average Bonchev–Trinajstić information content (AvgIpc) is 2.52. The molecule has 0 unspecified atom stereocenters. The van der Waals surface area contributed by atoms with Crippen LogP contribution in [0.1, 0.15) is 45.4 Å². The van der Waals surface area contributed by atoms with Crippen LogP contribution in [0.3, 0.4) is 0 Å². The zero-order chi connectivity index (χ0) is 10.3. The van der Waals surface area contributed by atoms with Crippen molar-refractivity contribution in [2.45, 2.75) is 54.0 Å². The summed E-state index contributed by atoms with van der Waals surface area (Å²) in [5.74, 6) is 0. The van der Waals surface area contributed by atoms with Gasteiger partial charge in [-0.2, -0.15) is 5.10 Å². The first-order chi connectivity index (χ1) is 6.29. The first kappa shape index (κ1) is 12.2. The molecule has 0 aromatic carbocycles. The van der Waals surface area contributed by atoms with Crippen LogP contribution in [-0.4, -0.2) is 9.78 Å². The number of rotatable bonds is 3. The van der Waals surface area contributed by atoms with Gasteiger partial charge in [-0.3, -0.25) is 4.68 Å². The van der Waals surface area contributed by atoms with Gasteiger partial charge in [0.15, 0.2) is 0 Å². The molecule has 0 aliphatic carbocycles. The smallest absolute Gasteiger partial charge is 0.0521 e. The summed E-state index contributed by atoms with van der Waals surface area (Å²) in [4.78, 5) is 0. The van der Waals surface area contributed by atoms with Crippen LogP contribution in [-0.2, 0) is 13.0 Å². The molecule has 0 atom stereocenters. The van der Waals surface area contributed by atoms with E-state index in [2.05, 4.69) is 30.6 Å². The van der Waals surface area contributed by atoms with E-state index >= 15 is 0 Å². The SMILES string of the molecule is CC.CCCc1c(C)cnn1CC. The molecule has 0 saturated carbocycles. The van der Waals surface area contributed by atoms with Crippen LogP contribution in [0.4, 0.5) is 0 Å². The molecule has 13 heavy (non-hydrogen) atoms. The van der Waals surface area contributed by atoms with Crippen LogP contribution < -0.4 is 0 Å². The van der Waals surface area contributed by atoms with Gasteiger partial charge in [-0.15, -0.1) is 0 Å². The Morgan fingerprint density at radius 3 is 2.38 bits per heavy atom. The lowest BCUT2D eigenvalue weighted by Crippen LogP contribution is -2.02. The fourth-order valence-electron chi connectivity index (χ4n) is 1.34. The lowest BCUT2D eigenvalue weighted by atomic mass is 10.2. The maximum Gasteiger partial charge on any atom is 0.0521 e. The first-order valence-electron chi connectivity index (χ1n) is 5.30. The summed E-state index contributed by atoms with van der Waals surface area (Å²) < 4.78 is 2.08. The second-order valence-electron chi connectivity index (χ2n) is 2.84. The van der Waals surface area contributed by atoms with E-state index in [0.29, 0.717) is 0 Å². The van der Waals surface area contributed by atoms with Crippen LogP contribution in [0.25, 0.3) is 0 Å². The highest BCUT2D eigenvalue weighted by atomic mass is 15.3. The molecule has 1 rings (SSSR count). The second kappa shape index (κ2) is 6.70. The van der Waals surface area contributed by atoms with Crippen molar-refractivity contribution in [3.63, 3.8) is 0 Å². The molecule has 0 spiro atoms. The third-order valence-corrected chi connectivity index (χ3v) is 1.94. The van der Waals surface area contributed by atoms with Crippen LogP contribution in [0.2, 0.25) is 0 Å². The molecule has 2 heteroatoms. The molecule has 0 saturated heterocycles. The van der Waals surface area contributed by atoms with E-state index in [-0.39, 0.29) is 0 Å². The Balaban J connectivity index is 0.000000671. The summed E-state index contributed by atoms with van der Waals surface area (Å²) in [6.45, 7) is 11.4. The van der Waals surface area contributed by atoms with E-state index < -0.39 is 0 Å². The molecular weight excluding hydrogens is 160 g/mol. The van der Waals surface area contributed by atoms with Gasteiger partial charge in [0.2, 0.25) is 0 Å². The van der Waals surface area contributed by atoms with Crippen molar-refractivity contribution < 1.29 is 0 Å². The topological polar surface area (TPSA) is 17.8 Å². The van der Waals surface area contributed by atoms with Crippen molar-refractivity contribution in [1.29, 1.82) is 0 Å². The van der Waals surface area contributed by atoms with Gasteiger partial charge in [-0.1, -0.05) is 27.2 Å². The van der Waals surface area contributed by atoms with Gasteiger partial charge in [0.25, 0.3) is 0 Å². The summed E-state index contributed by atoms with van der Waals surface area (Å²) in [6, 6.07) is 0. The fraction of sp³-hybridized carbons (Fsp3) is 0.727. The normalized spacial score (nSPS) is 9.31. The van der Waals surface area contributed by atoms with Crippen LogP contribution in [0.15, 0.2) is 6.20 Å². The zero-order valence-electron chi connectivity index (χ0n) is 9.59. The van der Waals surface area contributed by atoms with Crippen molar-refractivity contribution >= 4 is 0 Å². The Bertz CT molecular complexity index is 226. The van der Waals surface area contributed by atoms with Crippen LogP contribution in [0, 0.1) is 6.92 Å². The molecule has 1 aromatic heterocycles. The van der Waals surface area contributed by atoms with Crippen LogP contribution in [0.5, 0.6) is 0 Å². The first-order valence-corrected chi connectivity index (χ1v) is 5.30. The van der Waals surface area contributed by atoms with E-state index in [0.717, 1.165) is 13.0 Å². The molecule has 2 nitrogen and oxygen atoms in total. The van der Waals surface area contributed by atoms with Gasteiger partial charge in [-0.05, 0) is 25.8 Å².